The summed E-state index contributed by atoms with van der Waals surface area (Å²) in [6, 6.07) is 17.0. The zero-order valence-electron chi connectivity index (χ0n) is 13.8. The maximum atomic E-state index is 12.8. The second-order valence-electron chi connectivity index (χ2n) is 5.64. The molecule has 5 nitrogen and oxygen atoms in total. The van der Waals surface area contributed by atoms with Crippen LogP contribution in [0.4, 0.5) is 5.13 Å². The summed E-state index contributed by atoms with van der Waals surface area (Å²) in [6.45, 7) is 1.78. The molecule has 1 aromatic heterocycles. The van der Waals surface area contributed by atoms with Gasteiger partial charge in [0.15, 0.2) is 0 Å². The number of aliphatic imine (C=N–C) groups is 1. The Balaban J connectivity index is 1.64. The molecule has 0 spiro atoms. The van der Waals surface area contributed by atoms with Crippen molar-refractivity contribution in [3.63, 3.8) is 0 Å². The molecule has 0 unspecified atom stereocenters. The lowest BCUT2D eigenvalue weighted by Gasteiger charge is -2.10. The smallest absolute Gasteiger partial charge is 0.266 e. The maximum Gasteiger partial charge on any atom is 0.284 e. The van der Waals surface area contributed by atoms with Crippen molar-refractivity contribution >= 4 is 45.9 Å². The average molecular weight is 381 g/mol. The number of benzene rings is 2. The molecule has 2 heterocycles. The normalized spacial score (nSPS) is 15.6. The molecule has 2 aromatic carbocycles. The van der Waals surface area contributed by atoms with Gasteiger partial charge in [0.05, 0.1) is 0 Å². The highest BCUT2D eigenvalue weighted by molar-refractivity contribution is 7.18. The van der Waals surface area contributed by atoms with Gasteiger partial charge in [-0.05, 0) is 30.7 Å². The van der Waals surface area contributed by atoms with Crippen LogP contribution in [0.3, 0.4) is 0 Å². The molecule has 0 radical (unpaired) electrons. The van der Waals surface area contributed by atoms with E-state index >= 15 is 0 Å². The number of carbonyl (C=O) groups is 1. The van der Waals surface area contributed by atoms with Crippen LogP contribution in [0.2, 0.25) is 5.02 Å². The lowest BCUT2D eigenvalue weighted by atomic mass is 10.2. The summed E-state index contributed by atoms with van der Waals surface area (Å²) in [7, 11) is 0. The average Bonchev–Trinajstić information content (AvgIpc) is 3.21. The SMILES string of the molecule is CC1=N/C(=C\c2cccc(Cl)c2)C(=O)N1c1nnc(-c2ccccc2)s1. The van der Waals surface area contributed by atoms with E-state index in [1.54, 1.807) is 25.1 Å². The predicted molar refractivity (Wildman–Crippen MR) is 105 cm³/mol. The van der Waals surface area contributed by atoms with E-state index in [1.165, 1.54) is 16.2 Å². The third-order valence-corrected chi connectivity index (χ3v) is 5.00. The van der Waals surface area contributed by atoms with Crippen LogP contribution in [0, 0.1) is 0 Å². The molecule has 0 fully saturated rings. The van der Waals surface area contributed by atoms with E-state index in [0.717, 1.165) is 16.1 Å². The third kappa shape index (κ3) is 3.16. The lowest BCUT2D eigenvalue weighted by Crippen LogP contribution is -2.30. The summed E-state index contributed by atoms with van der Waals surface area (Å²) in [5.41, 5.74) is 2.13. The largest absolute Gasteiger partial charge is 0.284 e. The first-order valence-electron chi connectivity index (χ1n) is 7.88. The molecule has 1 amide bonds. The number of amidine groups is 1. The second kappa shape index (κ2) is 6.82. The number of carbonyl (C=O) groups excluding carboxylic acids is 1. The van der Waals surface area contributed by atoms with Gasteiger partial charge >= 0.3 is 0 Å². The number of amides is 1. The van der Waals surface area contributed by atoms with Crippen LogP contribution in [0.25, 0.3) is 16.6 Å². The molecule has 0 N–H and O–H groups in total. The molecule has 0 aliphatic carbocycles. The number of rotatable bonds is 3. The molecule has 0 saturated carbocycles. The Hall–Kier alpha value is -2.83. The number of halogens is 1. The van der Waals surface area contributed by atoms with Crippen molar-refractivity contribution in [1.82, 2.24) is 10.2 Å². The topological polar surface area (TPSA) is 58.5 Å². The van der Waals surface area contributed by atoms with Gasteiger partial charge in [0.25, 0.3) is 5.91 Å². The highest BCUT2D eigenvalue weighted by Crippen LogP contribution is 2.32. The summed E-state index contributed by atoms with van der Waals surface area (Å²) >= 11 is 7.36. The minimum absolute atomic E-state index is 0.224. The first kappa shape index (κ1) is 16.6. The van der Waals surface area contributed by atoms with Gasteiger partial charge in [-0.3, -0.25) is 4.79 Å². The first-order chi connectivity index (χ1) is 12.6. The summed E-state index contributed by atoms with van der Waals surface area (Å²) in [6.07, 6.45) is 1.72. The second-order valence-corrected chi connectivity index (χ2v) is 7.03. The molecule has 4 rings (SSSR count). The quantitative estimate of drug-likeness (QED) is 0.620. The van der Waals surface area contributed by atoms with Crippen molar-refractivity contribution in [2.75, 3.05) is 4.90 Å². The van der Waals surface area contributed by atoms with Crippen LogP contribution in [0.1, 0.15) is 12.5 Å². The van der Waals surface area contributed by atoms with Gasteiger partial charge in [-0.2, -0.15) is 0 Å². The molecule has 0 saturated heterocycles. The van der Waals surface area contributed by atoms with E-state index in [0.29, 0.717) is 21.7 Å². The molecule has 0 atom stereocenters. The number of hydrogen-bond donors (Lipinski definition) is 0. The number of aromatic nitrogens is 2. The van der Waals surface area contributed by atoms with Crippen LogP contribution in [0.5, 0.6) is 0 Å². The lowest BCUT2D eigenvalue weighted by molar-refractivity contribution is -0.113. The fourth-order valence-electron chi connectivity index (χ4n) is 2.61. The van der Waals surface area contributed by atoms with E-state index < -0.39 is 0 Å². The molecular weight excluding hydrogens is 368 g/mol. The van der Waals surface area contributed by atoms with Gasteiger partial charge in [-0.15, -0.1) is 10.2 Å². The van der Waals surface area contributed by atoms with E-state index in [4.69, 9.17) is 11.6 Å². The van der Waals surface area contributed by atoms with Gasteiger partial charge in [-0.25, -0.2) is 9.89 Å². The summed E-state index contributed by atoms with van der Waals surface area (Å²) in [4.78, 5) is 18.7. The van der Waals surface area contributed by atoms with Crippen molar-refractivity contribution < 1.29 is 4.79 Å². The van der Waals surface area contributed by atoms with Crippen molar-refractivity contribution in [1.29, 1.82) is 0 Å². The molecule has 7 heteroatoms. The van der Waals surface area contributed by atoms with E-state index in [9.17, 15) is 4.79 Å². The Morgan fingerprint density at radius 2 is 1.88 bits per heavy atom. The van der Waals surface area contributed by atoms with E-state index in [2.05, 4.69) is 15.2 Å². The van der Waals surface area contributed by atoms with Crippen molar-refractivity contribution in [3.8, 4) is 10.6 Å². The van der Waals surface area contributed by atoms with E-state index in [-0.39, 0.29) is 5.91 Å². The third-order valence-electron chi connectivity index (χ3n) is 3.81. The van der Waals surface area contributed by atoms with Crippen LogP contribution in [-0.2, 0) is 4.79 Å². The first-order valence-corrected chi connectivity index (χ1v) is 9.07. The number of nitrogens with zero attached hydrogens (tertiary/aromatic N) is 4. The predicted octanol–water partition coefficient (Wildman–Crippen LogP) is 4.66. The monoisotopic (exact) mass is 380 g/mol. The van der Waals surface area contributed by atoms with Crippen LogP contribution in [-0.4, -0.2) is 21.9 Å². The Bertz CT molecular complexity index is 1040. The molecule has 3 aromatic rings. The Labute approximate surface area is 159 Å². The number of anilines is 1. The molecule has 1 aliphatic heterocycles. The fraction of sp³-hybridized carbons (Fsp3) is 0.0526. The zero-order valence-corrected chi connectivity index (χ0v) is 15.3. The molecule has 1 aliphatic rings. The van der Waals surface area contributed by atoms with Gasteiger partial charge in [0.2, 0.25) is 5.13 Å². The minimum atomic E-state index is -0.224. The van der Waals surface area contributed by atoms with Gasteiger partial charge in [-0.1, -0.05) is 65.4 Å². The molecule has 26 heavy (non-hydrogen) atoms. The minimum Gasteiger partial charge on any atom is -0.266 e. The van der Waals surface area contributed by atoms with Crippen LogP contribution >= 0.6 is 22.9 Å². The van der Waals surface area contributed by atoms with Gasteiger partial charge in [0, 0.05) is 10.6 Å². The Kier molecular flexibility index (Phi) is 4.36. The molecule has 128 valence electrons. The highest BCUT2D eigenvalue weighted by atomic mass is 35.5. The standard InChI is InChI=1S/C19H13ClN4OS/c1-12-21-16(11-13-6-5-9-15(20)10-13)18(25)24(12)19-23-22-17(26-19)14-7-3-2-4-8-14/h2-11H,1H3/b16-11-. The van der Waals surface area contributed by atoms with E-state index in [1.807, 2.05) is 42.5 Å². The maximum absolute atomic E-state index is 12.8. The van der Waals surface area contributed by atoms with Gasteiger partial charge in [0.1, 0.15) is 16.5 Å². The summed E-state index contributed by atoms with van der Waals surface area (Å²) in [5, 5.41) is 10.3. The summed E-state index contributed by atoms with van der Waals surface area (Å²) in [5.74, 6) is 0.345. The van der Waals surface area contributed by atoms with Crippen LogP contribution < -0.4 is 4.90 Å². The zero-order chi connectivity index (χ0) is 18.1. The highest BCUT2D eigenvalue weighted by Gasteiger charge is 2.31. The number of hydrogen-bond acceptors (Lipinski definition) is 5. The van der Waals surface area contributed by atoms with Crippen molar-refractivity contribution in [2.24, 2.45) is 4.99 Å². The molecular formula is C19H13ClN4OS. The Morgan fingerprint density at radius 3 is 2.65 bits per heavy atom. The van der Waals surface area contributed by atoms with Gasteiger partial charge < -0.3 is 0 Å². The Morgan fingerprint density at radius 1 is 1.08 bits per heavy atom. The van der Waals surface area contributed by atoms with Crippen molar-refractivity contribution in [3.05, 3.63) is 70.9 Å². The fourth-order valence-corrected chi connectivity index (χ4v) is 3.71. The summed E-state index contributed by atoms with van der Waals surface area (Å²) < 4.78 is 0. The van der Waals surface area contributed by atoms with Crippen LogP contribution in [0.15, 0.2) is 65.3 Å². The van der Waals surface area contributed by atoms with Crippen molar-refractivity contribution in [2.45, 2.75) is 6.92 Å². The molecule has 0 bridgehead atoms.